The molecule has 1 aliphatic heterocycles. The van der Waals surface area contributed by atoms with E-state index in [0.29, 0.717) is 29.2 Å². The molecule has 44 heavy (non-hydrogen) atoms. The van der Waals surface area contributed by atoms with Crippen molar-refractivity contribution < 1.29 is 19.1 Å². The molecule has 0 spiro atoms. The van der Waals surface area contributed by atoms with Crippen molar-refractivity contribution >= 4 is 28.4 Å². The first kappa shape index (κ1) is 29.1. The van der Waals surface area contributed by atoms with Gasteiger partial charge in [-0.2, -0.15) is 0 Å². The highest BCUT2D eigenvalue weighted by Crippen LogP contribution is 2.48. The van der Waals surface area contributed by atoms with Crippen LogP contribution < -0.4 is 14.8 Å². The number of amides is 2. The summed E-state index contributed by atoms with van der Waals surface area (Å²) in [6, 6.07) is 30.3. The number of methoxy groups -OCH3 is 2. The van der Waals surface area contributed by atoms with Crippen LogP contribution in [0.4, 0.5) is 5.69 Å². The second kappa shape index (κ2) is 11.9. The average Bonchev–Trinajstić information content (AvgIpc) is 3.50. The largest absolute Gasteiger partial charge is 0.497 e. The number of anilines is 1. The van der Waals surface area contributed by atoms with Gasteiger partial charge in [0, 0.05) is 35.1 Å². The van der Waals surface area contributed by atoms with E-state index in [2.05, 4.69) is 55.0 Å². The van der Waals surface area contributed by atoms with Gasteiger partial charge in [0.05, 0.1) is 31.6 Å². The molecule has 0 saturated heterocycles. The molecule has 0 fully saturated rings. The third-order valence-corrected chi connectivity index (χ3v) is 8.46. The number of aryl methyl sites for hydroxylation is 1. The highest BCUT2D eigenvalue weighted by molar-refractivity contribution is 6.06. The molecule has 2 heterocycles. The molecule has 1 N–H and O–H groups in total. The van der Waals surface area contributed by atoms with Gasteiger partial charge in [0.1, 0.15) is 17.5 Å². The molecule has 2 amide bonds. The molecule has 7 nitrogen and oxygen atoms in total. The zero-order chi connectivity index (χ0) is 31.0. The molecule has 2 unspecified atom stereocenters. The maximum Gasteiger partial charge on any atom is 0.255 e. The Morgan fingerprint density at radius 3 is 2.32 bits per heavy atom. The summed E-state index contributed by atoms with van der Waals surface area (Å²) in [5.74, 6) is 0.818. The van der Waals surface area contributed by atoms with Crippen molar-refractivity contribution in [1.29, 1.82) is 0 Å². The van der Waals surface area contributed by atoms with Gasteiger partial charge in [-0.15, -0.1) is 0 Å². The zero-order valence-corrected chi connectivity index (χ0v) is 25.7. The van der Waals surface area contributed by atoms with Crippen LogP contribution in [-0.2, 0) is 11.8 Å². The van der Waals surface area contributed by atoms with Crippen molar-refractivity contribution in [2.75, 3.05) is 19.5 Å². The van der Waals surface area contributed by atoms with Crippen LogP contribution in [0.15, 0.2) is 97.1 Å². The summed E-state index contributed by atoms with van der Waals surface area (Å²) in [7, 11) is 5.20. The van der Waals surface area contributed by atoms with E-state index >= 15 is 0 Å². The van der Waals surface area contributed by atoms with Crippen molar-refractivity contribution in [3.8, 4) is 22.8 Å². The molecule has 7 heteroatoms. The Kier molecular flexibility index (Phi) is 7.87. The van der Waals surface area contributed by atoms with Crippen LogP contribution >= 0.6 is 0 Å². The lowest BCUT2D eigenvalue weighted by Gasteiger charge is -2.34. The molecule has 5 aromatic rings. The van der Waals surface area contributed by atoms with Gasteiger partial charge in [-0.3, -0.25) is 9.59 Å². The van der Waals surface area contributed by atoms with Gasteiger partial charge in [-0.25, -0.2) is 0 Å². The molecule has 0 radical (unpaired) electrons. The Morgan fingerprint density at radius 2 is 1.59 bits per heavy atom. The molecular formula is C37H37N3O4. The lowest BCUT2D eigenvalue weighted by molar-refractivity contribution is -0.121. The minimum absolute atomic E-state index is 0.141. The molecule has 0 saturated carbocycles. The van der Waals surface area contributed by atoms with E-state index in [1.54, 1.807) is 32.4 Å². The number of hydrogen-bond acceptors (Lipinski definition) is 4. The fourth-order valence-electron chi connectivity index (χ4n) is 6.51. The summed E-state index contributed by atoms with van der Waals surface area (Å²) in [5, 5.41) is 4.13. The highest BCUT2D eigenvalue weighted by Gasteiger charge is 2.46. The van der Waals surface area contributed by atoms with Crippen molar-refractivity contribution in [2.45, 2.75) is 32.4 Å². The smallest absolute Gasteiger partial charge is 0.255 e. The molecule has 224 valence electrons. The Hall–Kier alpha value is -5.04. The first-order valence-electron chi connectivity index (χ1n) is 14.9. The van der Waals surface area contributed by atoms with Crippen LogP contribution in [0.5, 0.6) is 11.5 Å². The predicted molar refractivity (Wildman–Crippen MR) is 174 cm³/mol. The summed E-state index contributed by atoms with van der Waals surface area (Å²) in [5.41, 5.74) is 6.17. The SMILES string of the molecule is COc1ccc(NC(=O)C(CC(C)C)N2C(=O)c3ccccc3C2c2c(-c3ccccc3)n(C)c3ccccc23)c(OC)c1. The van der Waals surface area contributed by atoms with Crippen LogP contribution in [0.3, 0.4) is 0 Å². The van der Waals surface area contributed by atoms with Gasteiger partial charge in [-0.05, 0) is 47.7 Å². The first-order chi connectivity index (χ1) is 21.3. The van der Waals surface area contributed by atoms with E-state index < -0.39 is 12.1 Å². The van der Waals surface area contributed by atoms with Crippen LogP contribution in [-0.4, -0.2) is 41.5 Å². The van der Waals surface area contributed by atoms with E-state index in [1.807, 2.05) is 59.5 Å². The minimum atomic E-state index is -0.755. The van der Waals surface area contributed by atoms with Gasteiger partial charge >= 0.3 is 0 Å². The standard InChI is InChI=1S/C37H37N3O4/c1-23(2)21-31(36(41)38-29-20-19-25(43-4)22-32(29)44-5)40-35(26-15-9-10-16-27(26)37(40)42)33-28-17-11-12-18-30(28)39(3)34(33)24-13-7-6-8-14-24/h6-20,22-23,31,35H,21H2,1-5H3,(H,38,41). The molecular weight excluding hydrogens is 550 g/mol. The molecule has 0 bridgehead atoms. The Labute approximate surface area is 258 Å². The quantitative estimate of drug-likeness (QED) is 0.194. The molecule has 1 aromatic heterocycles. The number of carbonyl (C=O) groups is 2. The van der Waals surface area contributed by atoms with Crippen molar-refractivity contribution in [3.05, 3.63) is 114 Å². The van der Waals surface area contributed by atoms with Crippen molar-refractivity contribution in [1.82, 2.24) is 9.47 Å². The summed E-state index contributed by atoms with van der Waals surface area (Å²) < 4.78 is 13.1. The maximum atomic E-state index is 14.5. The number of hydrogen-bond donors (Lipinski definition) is 1. The fourth-order valence-corrected chi connectivity index (χ4v) is 6.51. The lowest BCUT2D eigenvalue weighted by Crippen LogP contribution is -2.47. The van der Waals surface area contributed by atoms with Crippen molar-refractivity contribution in [2.24, 2.45) is 13.0 Å². The maximum absolute atomic E-state index is 14.5. The zero-order valence-electron chi connectivity index (χ0n) is 25.7. The number of aromatic nitrogens is 1. The van der Waals surface area contributed by atoms with Crippen molar-refractivity contribution in [3.63, 3.8) is 0 Å². The van der Waals surface area contributed by atoms with Gasteiger partial charge in [-0.1, -0.05) is 80.6 Å². The van der Waals surface area contributed by atoms with E-state index in [-0.39, 0.29) is 17.7 Å². The van der Waals surface area contributed by atoms with Crippen LogP contribution in [0.1, 0.15) is 47.8 Å². The number of para-hydroxylation sites is 1. The molecule has 4 aromatic carbocycles. The summed E-state index contributed by atoms with van der Waals surface area (Å²) in [6.07, 6.45) is 0.478. The second-order valence-corrected chi connectivity index (χ2v) is 11.6. The average molecular weight is 588 g/mol. The first-order valence-corrected chi connectivity index (χ1v) is 14.9. The number of rotatable bonds is 9. The van der Waals surface area contributed by atoms with Crippen LogP contribution in [0.2, 0.25) is 0 Å². The van der Waals surface area contributed by atoms with Gasteiger partial charge in [0.25, 0.3) is 5.91 Å². The molecule has 1 aliphatic rings. The number of ether oxygens (including phenoxy) is 2. The summed E-state index contributed by atoms with van der Waals surface area (Å²) >= 11 is 0. The second-order valence-electron chi connectivity index (χ2n) is 11.6. The summed E-state index contributed by atoms with van der Waals surface area (Å²) in [4.78, 5) is 30.6. The lowest BCUT2D eigenvalue weighted by atomic mass is 9.91. The normalized spacial score (nSPS) is 15.0. The summed E-state index contributed by atoms with van der Waals surface area (Å²) in [6.45, 7) is 4.15. The fraction of sp³-hybridized carbons (Fsp3) is 0.243. The Bertz CT molecular complexity index is 1840. The predicted octanol–water partition coefficient (Wildman–Crippen LogP) is 7.46. The third kappa shape index (κ3) is 4.98. The van der Waals surface area contributed by atoms with Crippen LogP contribution in [0, 0.1) is 5.92 Å². The molecule has 2 atom stereocenters. The highest BCUT2D eigenvalue weighted by atomic mass is 16.5. The molecule has 0 aliphatic carbocycles. The van der Waals surface area contributed by atoms with Gasteiger partial charge in [0.15, 0.2) is 0 Å². The van der Waals surface area contributed by atoms with Crippen LogP contribution in [0.25, 0.3) is 22.2 Å². The van der Waals surface area contributed by atoms with E-state index in [1.165, 1.54) is 0 Å². The van der Waals surface area contributed by atoms with E-state index in [4.69, 9.17) is 9.47 Å². The monoisotopic (exact) mass is 587 g/mol. The Balaban J connectivity index is 1.55. The van der Waals surface area contributed by atoms with Gasteiger partial charge in [0.2, 0.25) is 5.91 Å². The molecule has 6 rings (SSSR count). The number of carbonyl (C=O) groups excluding carboxylic acids is 2. The number of fused-ring (bicyclic) bond motifs is 2. The van der Waals surface area contributed by atoms with E-state index in [9.17, 15) is 9.59 Å². The minimum Gasteiger partial charge on any atom is -0.497 e. The third-order valence-electron chi connectivity index (χ3n) is 8.46. The van der Waals surface area contributed by atoms with Gasteiger partial charge < -0.3 is 24.3 Å². The number of nitrogens with zero attached hydrogens (tertiary/aromatic N) is 2. The Morgan fingerprint density at radius 1 is 0.886 bits per heavy atom. The topological polar surface area (TPSA) is 72.8 Å². The number of nitrogens with one attached hydrogen (secondary N) is 1. The number of benzene rings is 4. The van der Waals surface area contributed by atoms with E-state index in [0.717, 1.165) is 33.3 Å².